The fourth-order valence-electron chi connectivity index (χ4n) is 2.22. The minimum atomic E-state index is -1.04. The van der Waals surface area contributed by atoms with Crippen LogP contribution in [-0.2, 0) is 0 Å². The number of anilines is 1. The third-order valence-corrected chi connectivity index (χ3v) is 3.35. The highest BCUT2D eigenvalue weighted by molar-refractivity contribution is 6.05. The third kappa shape index (κ3) is 4.66. The van der Waals surface area contributed by atoms with Gasteiger partial charge in [0.1, 0.15) is 0 Å². The number of benzene rings is 2. The van der Waals surface area contributed by atoms with Crippen molar-refractivity contribution >= 4 is 17.6 Å². The molecule has 138 valence electrons. The van der Waals surface area contributed by atoms with Gasteiger partial charge in [-0.3, -0.25) is 4.79 Å². The molecule has 0 aliphatic rings. The van der Waals surface area contributed by atoms with Crippen LogP contribution in [0.25, 0.3) is 0 Å². The van der Waals surface area contributed by atoms with Gasteiger partial charge >= 0.3 is 5.97 Å². The Bertz CT molecular complexity index is 798. The number of phenolic OH excluding ortho intramolecular Hbond substituents is 1. The van der Waals surface area contributed by atoms with E-state index < -0.39 is 11.9 Å². The van der Waals surface area contributed by atoms with Crippen molar-refractivity contribution in [1.82, 2.24) is 0 Å². The molecule has 0 aliphatic carbocycles. The maximum Gasteiger partial charge on any atom is 0.335 e. The molecule has 7 nitrogen and oxygen atoms in total. The highest BCUT2D eigenvalue weighted by Crippen LogP contribution is 2.38. The number of ether oxygens (including phenoxy) is 2. The summed E-state index contributed by atoms with van der Waals surface area (Å²) < 4.78 is 10.9. The average molecular weight is 359 g/mol. The first-order chi connectivity index (χ1) is 12.3. The molecule has 0 radical (unpaired) electrons. The number of amides is 1. The number of carbonyl (C=O) groups excluding carboxylic acids is 1. The Kier molecular flexibility index (Phi) is 6.06. The van der Waals surface area contributed by atoms with Gasteiger partial charge in [-0.05, 0) is 57.2 Å². The van der Waals surface area contributed by atoms with Crippen LogP contribution in [0.1, 0.15) is 41.5 Å². The van der Waals surface area contributed by atoms with Gasteiger partial charge in [0.2, 0.25) is 5.75 Å². The van der Waals surface area contributed by atoms with E-state index in [9.17, 15) is 14.7 Å². The second-order valence-corrected chi connectivity index (χ2v) is 5.76. The summed E-state index contributed by atoms with van der Waals surface area (Å²) >= 11 is 0. The van der Waals surface area contributed by atoms with Crippen molar-refractivity contribution < 1.29 is 29.3 Å². The Hall–Kier alpha value is -3.22. The standard InChI is InChI=1S/C19H21NO6/c1-4-25-15-9-13(10-16(17(15)21)26-11(2)3)18(22)20-14-7-5-12(6-8-14)19(23)24/h5-11,21H,4H2,1-3H3,(H,20,22)(H,23,24). The van der Waals surface area contributed by atoms with E-state index >= 15 is 0 Å². The lowest BCUT2D eigenvalue weighted by Crippen LogP contribution is -2.13. The van der Waals surface area contributed by atoms with E-state index in [1.165, 1.54) is 36.4 Å². The minimum absolute atomic E-state index is 0.124. The molecule has 0 bridgehead atoms. The number of carboxylic acid groups (broad SMARTS) is 1. The summed E-state index contributed by atoms with van der Waals surface area (Å²) in [5.41, 5.74) is 0.806. The van der Waals surface area contributed by atoms with Crippen LogP contribution in [0.2, 0.25) is 0 Å². The van der Waals surface area contributed by atoms with Gasteiger partial charge in [0, 0.05) is 11.3 Å². The van der Waals surface area contributed by atoms with Crippen LogP contribution in [-0.4, -0.2) is 34.8 Å². The largest absolute Gasteiger partial charge is 0.502 e. The normalized spacial score (nSPS) is 10.5. The monoisotopic (exact) mass is 359 g/mol. The quantitative estimate of drug-likeness (QED) is 0.698. The maximum absolute atomic E-state index is 12.5. The SMILES string of the molecule is CCOc1cc(C(=O)Nc2ccc(C(=O)O)cc2)cc(OC(C)C)c1O. The summed E-state index contributed by atoms with van der Waals surface area (Å²) in [6.07, 6.45) is -0.197. The van der Waals surface area contributed by atoms with Crippen molar-refractivity contribution in [2.45, 2.75) is 26.9 Å². The molecule has 0 atom stereocenters. The highest BCUT2D eigenvalue weighted by Gasteiger charge is 2.17. The molecule has 2 aromatic carbocycles. The zero-order valence-corrected chi connectivity index (χ0v) is 14.8. The van der Waals surface area contributed by atoms with Gasteiger partial charge in [0.25, 0.3) is 5.91 Å². The number of aromatic hydroxyl groups is 1. The first kappa shape index (κ1) is 19.1. The van der Waals surface area contributed by atoms with Crippen molar-refractivity contribution in [3.8, 4) is 17.2 Å². The molecule has 0 saturated carbocycles. The van der Waals surface area contributed by atoms with Gasteiger partial charge in [-0.1, -0.05) is 0 Å². The van der Waals surface area contributed by atoms with Crippen LogP contribution in [0.5, 0.6) is 17.2 Å². The average Bonchev–Trinajstić information content (AvgIpc) is 2.58. The zero-order chi connectivity index (χ0) is 19.3. The topological polar surface area (TPSA) is 105 Å². The van der Waals surface area contributed by atoms with Gasteiger partial charge in [-0.2, -0.15) is 0 Å². The predicted molar refractivity (Wildman–Crippen MR) is 96.4 cm³/mol. The Labute approximate surface area is 151 Å². The molecule has 7 heteroatoms. The highest BCUT2D eigenvalue weighted by atomic mass is 16.5. The maximum atomic E-state index is 12.5. The van der Waals surface area contributed by atoms with E-state index in [1.807, 2.05) is 0 Å². The Morgan fingerprint density at radius 3 is 2.23 bits per heavy atom. The van der Waals surface area contributed by atoms with Crippen molar-refractivity contribution in [3.63, 3.8) is 0 Å². The first-order valence-corrected chi connectivity index (χ1v) is 8.13. The van der Waals surface area contributed by atoms with Gasteiger partial charge < -0.3 is 25.0 Å². The molecule has 0 spiro atoms. The minimum Gasteiger partial charge on any atom is -0.502 e. The molecule has 26 heavy (non-hydrogen) atoms. The molecule has 0 fully saturated rings. The molecule has 0 aromatic heterocycles. The van der Waals surface area contributed by atoms with Gasteiger partial charge in [-0.15, -0.1) is 0 Å². The molecule has 0 unspecified atom stereocenters. The lowest BCUT2D eigenvalue weighted by molar-refractivity contribution is 0.0696. The van der Waals surface area contributed by atoms with Crippen molar-refractivity contribution in [3.05, 3.63) is 47.5 Å². The lowest BCUT2D eigenvalue weighted by Gasteiger charge is -2.16. The van der Waals surface area contributed by atoms with E-state index in [2.05, 4.69) is 5.32 Å². The Balaban J connectivity index is 2.29. The fraction of sp³-hybridized carbons (Fsp3) is 0.263. The smallest absolute Gasteiger partial charge is 0.335 e. The number of carboxylic acids is 1. The van der Waals surface area contributed by atoms with Crippen molar-refractivity contribution in [1.29, 1.82) is 0 Å². The van der Waals surface area contributed by atoms with Crippen LogP contribution < -0.4 is 14.8 Å². The molecule has 0 heterocycles. The van der Waals surface area contributed by atoms with Crippen LogP contribution in [0.3, 0.4) is 0 Å². The Morgan fingerprint density at radius 2 is 1.69 bits per heavy atom. The molecule has 0 saturated heterocycles. The van der Waals surface area contributed by atoms with Gasteiger partial charge in [-0.25, -0.2) is 4.79 Å². The van der Waals surface area contributed by atoms with E-state index in [0.717, 1.165) is 0 Å². The number of hydrogen-bond acceptors (Lipinski definition) is 5. The number of rotatable bonds is 7. The van der Waals surface area contributed by atoms with Crippen molar-refractivity contribution in [2.75, 3.05) is 11.9 Å². The molecule has 2 aromatic rings. The molecular formula is C19H21NO6. The zero-order valence-electron chi connectivity index (χ0n) is 14.8. The van der Waals surface area contributed by atoms with Gasteiger partial charge in [0.15, 0.2) is 11.5 Å². The third-order valence-electron chi connectivity index (χ3n) is 3.35. The van der Waals surface area contributed by atoms with Crippen molar-refractivity contribution in [2.24, 2.45) is 0 Å². The lowest BCUT2D eigenvalue weighted by atomic mass is 10.1. The molecule has 0 aliphatic heterocycles. The molecule has 2 rings (SSSR count). The van der Waals surface area contributed by atoms with E-state index in [1.54, 1.807) is 20.8 Å². The van der Waals surface area contributed by atoms with E-state index in [-0.39, 0.29) is 34.5 Å². The summed E-state index contributed by atoms with van der Waals surface area (Å²) in [7, 11) is 0. The fourth-order valence-corrected chi connectivity index (χ4v) is 2.22. The van der Waals surface area contributed by atoms with Crippen LogP contribution >= 0.6 is 0 Å². The number of hydrogen-bond donors (Lipinski definition) is 3. The predicted octanol–water partition coefficient (Wildman–Crippen LogP) is 3.53. The first-order valence-electron chi connectivity index (χ1n) is 8.13. The number of phenols is 1. The Morgan fingerprint density at radius 1 is 1.08 bits per heavy atom. The molecule has 1 amide bonds. The van der Waals surface area contributed by atoms with Crippen LogP contribution in [0.15, 0.2) is 36.4 Å². The number of carbonyl (C=O) groups is 2. The van der Waals surface area contributed by atoms with Crippen LogP contribution in [0, 0.1) is 0 Å². The molecular weight excluding hydrogens is 338 g/mol. The summed E-state index contributed by atoms with van der Waals surface area (Å²) in [6.45, 7) is 5.68. The summed E-state index contributed by atoms with van der Waals surface area (Å²) in [6, 6.07) is 8.64. The van der Waals surface area contributed by atoms with E-state index in [4.69, 9.17) is 14.6 Å². The van der Waals surface area contributed by atoms with Crippen LogP contribution in [0.4, 0.5) is 5.69 Å². The molecule has 3 N–H and O–H groups in total. The van der Waals surface area contributed by atoms with E-state index in [0.29, 0.717) is 12.3 Å². The summed E-state index contributed by atoms with van der Waals surface area (Å²) in [4.78, 5) is 23.4. The number of nitrogens with one attached hydrogen (secondary N) is 1. The van der Waals surface area contributed by atoms with Gasteiger partial charge in [0.05, 0.1) is 18.3 Å². The number of aromatic carboxylic acids is 1. The summed E-state index contributed by atoms with van der Waals surface area (Å²) in [5.74, 6) is -1.35. The second-order valence-electron chi connectivity index (χ2n) is 5.76. The second kappa shape index (κ2) is 8.24. The summed E-state index contributed by atoms with van der Waals surface area (Å²) in [5, 5.41) is 21.8.